The zero-order chi connectivity index (χ0) is 16.4. The molecule has 3 heterocycles. The van der Waals surface area contributed by atoms with E-state index in [1.807, 2.05) is 31.2 Å². The Labute approximate surface area is 139 Å². The van der Waals surface area contributed by atoms with Gasteiger partial charge >= 0.3 is 0 Å². The second-order valence-electron chi connectivity index (χ2n) is 8.16. The van der Waals surface area contributed by atoms with Crippen LogP contribution >= 0.6 is 0 Å². The summed E-state index contributed by atoms with van der Waals surface area (Å²) in [6.45, 7) is 2.02. The second-order valence-corrected chi connectivity index (χ2v) is 8.16. The Morgan fingerprint density at radius 1 is 1.17 bits per heavy atom. The molecule has 126 valence electrons. The topological polar surface area (TPSA) is 65.0 Å². The molecule has 1 aromatic carbocycles. The van der Waals surface area contributed by atoms with E-state index in [0.29, 0.717) is 5.56 Å². The molecule has 5 aliphatic rings. The summed E-state index contributed by atoms with van der Waals surface area (Å²) < 4.78 is 19.3. The minimum Gasteiger partial charge on any atom is -0.363 e. The molecule has 4 fully saturated rings. The van der Waals surface area contributed by atoms with Crippen LogP contribution in [0, 0.1) is 5.41 Å². The quantitative estimate of drug-likeness (QED) is 0.791. The summed E-state index contributed by atoms with van der Waals surface area (Å²) in [7, 11) is 0. The Morgan fingerprint density at radius 2 is 1.96 bits per heavy atom. The number of fused-ring (bicyclic) bond motifs is 2. The third kappa shape index (κ3) is 1.12. The number of Topliss-reactive ketones (excluding diaryl/α,β-unsaturated/α-hetero) is 1. The average molecular weight is 328 g/mol. The van der Waals surface area contributed by atoms with Crippen LogP contribution in [0.3, 0.4) is 0 Å². The fourth-order valence-electron chi connectivity index (χ4n) is 6.03. The molecule has 2 spiro atoms. The van der Waals surface area contributed by atoms with Crippen molar-refractivity contribution in [1.82, 2.24) is 0 Å². The van der Waals surface area contributed by atoms with E-state index in [0.717, 1.165) is 31.2 Å². The molecule has 2 aliphatic carbocycles. The van der Waals surface area contributed by atoms with Crippen molar-refractivity contribution in [3.63, 3.8) is 0 Å². The van der Waals surface area contributed by atoms with Gasteiger partial charge in [-0.1, -0.05) is 30.7 Å². The van der Waals surface area contributed by atoms with Crippen molar-refractivity contribution in [2.45, 2.75) is 68.4 Å². The van der Waals surface area contributed by atoms with Crippen molar-refractivity contribution in [3.8, 4) is 0 Å². The maximum Gasteiger partial charge on any atom is 0.206 e. The standard InChI is InChI=1S/C19H20O5/c1-16-8-4-5-9-17(16)23-15-18(24-17)12-7-3-2-6-11(12)13(20)10-14(18)22-19(15,16)21/h2-3,6-7,14-15,21H,4-5,8-10H2,1H3. The first-order valence-corrected chi connectivity index (χ1v) is 8.88. The van der Waals surface area contributed by atoms with Gasteiger partial charge in [0.2, 0.25) is 5.79 Å². The zero-order valence-electron chi connectivity index (χ0n) is 13.6. The van der Waals surface area contributed by atoms with Gasteiger partial charge in [0.05, 0.1) is 5.41 Å². The molecule has 1 saturated carbocycles. The Morgan fingerprint density at radius 3 is 2.83 bits per heavy atom. The third-order valence-corrected chi connectivity index (χ3v) is 7.27. The number of rotatable bonds is 0. The summed E-state index contributed by atoms with van der Waals surface area (Å²) in [5.74, 6) is -2.16. The maximum absolute atomic E-state index is 12.6. The number of carbonyl (C=O) groups excluding carboxylic acids is 1. The van der Waals surface area contributed by atoms with E-state index < -0.39 is 34.8 Å². The molecule has 6 atom stereocenters. The van der Waals surface area contributed by atoms with Crippen LogP contribution in [-0.2, 0) is 19.8 Å². The van der Waals surface area contributed by atoms with Crippen molar-refractivity contribution in [3.05, 3.63) is 35.4 Å². The van der Waals surface area contributed by atoms with Gasteiger partial charge < -0.3 is 19.3 Å². The Hall–Kier alpha value is -1.27. The lowest BCUT2D eigenvalue weighted by molar-refractivity contribution is -0.306. The largest absolute Gasteiger partial charge is 0.363 e. The Kier molecular flexibility index (Phi) is 2.20. The molecule has 3 saturated heterocycles. The van der Waals surface area contributed by atoms with Gasteiger partial charge in [0, 0.05) is 24.0 Å². The first-order valence-electron chi connectivity index (χ1n) is 8.88. The summed E-state index contributed by atoms with van der Waals surface area (Å²) >= 11 is 0. The van der Waals surface area contributed by atoms with Gasteiger partial charge in [-0.25, -0.2) is 0 Å². The highest BCUT2D eigenvalue weighted by Crippen LogP contribution is 2.75. The molecule has 2 bridgehead atoms. The normalized spacial score (nSPS) is 53.7. The smallest absolute Gasteiger partial charge is 0.206 e. The van der Waals surface area contributed by atoms with Crippen LogP contribution in [0.1, 0.15) is 54.9 Å². The second kappa shape index (κ2) is 3.78. The Bertz CT molecular complexity index is 792. The molecule has 5 nitrogen and oxygen atoms in total. The molecular formula is C19H20O5. The van der Waals surface area contributed by atoms with Gasteiger partial charge in [-0.2, -0.15) is 0 Å². The van der Waals surface area contributed by atoms with Crippen LogP contribution in [0.25, 0.3) is 0 Å². The molecule has 6 rings (SSSR count). The zero-order valence-corrected chi connectivity index (χ0v) is 13.6. The van der Waals surface area contributed by atoms with Crippen molar-refractivity contribution in [2.24, 2.45) is 5.41 Å². The van der Waals surface area contributed by atoms with Crippen molar-refractivity contribution in [1.29, 1.82) is 0 Å². The number of aliphatic hydroxyl groups is 1. The SMILES string of the molecule is CC12CCCCC13OC1C4(O3)c3ccccc3C(=O)CC4OC12O. The van der Waals surface area contributed by atoms with Crippen LogP contribution in [0.5, 0.6) is 0 Å². The lowest BCUT2D eigenvalue weighted by atomic mass is 9.61. The van der Waals surface area contributed by atoms with Gasteiger partial charge in [0.25, 0.3) is 0 Å². The third-order valence-electron chi connectivity index (χ3n) is 7.27. The number of benzene rings is 1. The Balaban J connectivity index is 1.64. The lowest BCUT2D eigenvalue weighted by Crippen LogP contribution is -2.64. The number of carbonyl (C=O) groups is 1. The molecule has 0 radical (unpaired) electrons. The fourth-order valence-corrected chi connectivity index (χ4v) is 6.03. The highest BCUT2D eigenvalue weighted by atomic mass is 16.8. The molecule has 0 amide bonds. The van der Waals surface area contributed by atoms with Crippen LogP contribution in [0.2, 0.25) is 0 Å². The van der Waals surface area contributed by atoms with Gasteiger partial charge in [-0.15, -0.1) is 0 Å². The van der Waals surface area contributed by atoms with Gasteiger partial charge in [-0.3, -0.25) is 4.79 Å². The van der Waals surface area contributed by atoms with E-state index in [2.05, 4.69) is 0 Å². The highest BCUT2D eigenvalue weighted by molar-refractivity contribution is 5.99. The van der Waals surface area contributed by atoms with E-state index in [4.69, 9.17) is 14.2 Å². The molecule has 5 heteroatoms. The molecule has 6 unspecified atom stereocenters. The van der Waals surface area contributed by atoms with Crippen LogP contribution < -0.4 is 0 Å². The molecule has 1 aromatic rings. The van der Waals surface area contributed by atoms with E-state index in [-0.39, 0.29) is 12.2 Å². The van der Waals surface area contributed by atoms with E-state index in [9.17, 15) is 9.90 Å². The monoisotopic (exact) mass is 328 g/mol. The van der Waals surface area contributed by atoms with Crippen molar-refractivity contribution < 1.29 is 24.1 Å². The molecule has 0 aromatic heterocycles. The first-order chi connectivity index (χ1) is 11.5. The predicted octanol–water partition coefficient (Wildman–Crippen LogP) is 2.26. The summed E-state index contributed by atoms with van der Waals surface area (Å²) in [5.41, 5.74) is 0.0305. The number of ketones is 1. The van der Waals surface area contributed by atoms with E-state index >= 15 is 0 Å². The minimum atomic E-state index is -1.39. The van der Waals surface area contributed by atoms with Crippen LogP contribution in [0.4, 0.5) is 0 Å². The predicted molar refractivity (Wildman–Crippen MR) is 82.2 cm³/mol. The van der Waals surface area contributed by atoms with Crippen molar-refractivity contribution >= 4 is 5.78 Å². The number of ether oxygens (including phenoxy) is 3. The molecule has 1 N–H and O–H groups in total. The van der Waals surface area contributed by atoms with Gasteiger partial charge in [0.1, 0.15) is 6.10 Å². The molecule has 24 heavy (non-hydrogen) atoms. The number of hydrogen-bond acceptors (Lipinski definition) is 5. The molecule has 3 aliphatic heterocycles. The van der Waals surface area contributed by atoms with Gasteiger partial charge in [0.15, 0.2) is 23.3 Å². The summed E-state index contributed by atoms with van der Waals surface area (Å²) in [6, 6.07) is 7.54. The van der Waals surface area contributed by atoms with E-state index in [1.54, 1.807) is 0 Å². The first kappa shape index (κ1) is 14.0. The maximum atomic E-state index is 12.6. The minimum absolute atomic E-state index is 0.0452. The highest BCUT2D eigenvalue weighted by Gasteiger charge is 2.89. The van der Waals surface area contributed by atoms with Crippen LogP contribution in [0.15, 0.2) is 24.3 Å². The number of hydrogen-bond donors (Lipinski definition) is 1. The van der Waals surface area contributed by atoms with Crippen LogP contribution in [-0.4, -0.2) is 34.7 Å². The average Bonchev–Trinajstić information content (AvgIpc) is 3.08. The lowest BCUT2D eigenvalue weighted by Gasteiger charge is -2.51. The van der Waals surface area contributed by atoms with E-state index in [1.165, 1.54) is 0 Å². The summed E-state index contributed by atoms with van der Waals surface area (Å²) in [5, 5.41) is 11.6. The summed E-state index contributed by atoms with van der Waals surface area (Å²) in [4.78, 5) is 12.6. The summed E-state index contributed by atoms with van der Waals surface area (Å²) in [6.07, 6.45) is 2.76. The van der Waals surface area contributed by atoms with Gasteiger partial charge in [-0.05, 0) is 19.8 Å². The molecular weight excluding hydrogens is 308 g/mol. The van der Waals surface area contributed by atoms with Crippen molar-refractivity contribution in [2.75, 3.05) is 0 Å². The fraction of sp³-hybridized carbons (Fsp3) is 0.632.